The molecule has 0 saturated carbocycles. The first-order valence-corrected chi connectivity index (χ1v) is 16.8. The fourth-order valence-electron chi connectivity index (χ4n) is 7.90. The maximum atomic E-state index is 14.6. The molecule has 3 heterocycles. The Kier molecular flexibility index (Phi) is 9.85. The summed E-state index contributed by atoms with van der Waals surface area (Å²) in [5.41, 5.74) is 2.11. The minimum absolute atomic E-state index is 0.0283. The highest BCUT2D eigenvalue weighted by molar-refractivity contribution is 5.93. The molecule has 0 spiro atoms. The normalized spacial score (nSPS) is 22.9. The molecule has 8 heteroatoms. The van der Waals surface area contributed by atoms with Gasteiger partial charge in [0.25, 0.3) is 0 Å². The van der Waals surface area contributed by atoms with E-state index in [1.54, 1.807) is 9.80 Å². The first kappa shape index (κ1) is 32.0. The molecule has 0 bridgehead atoms. The van der Waals surface area contributed by atoms with Crippen LogP contribution in [0.2, 0.25) is 0 Å². The van der Waals surface area contributed by atoms with E-state index in [9.17, 15) is 19.5 Å². The summed E-state index contributed by atoms with van der Waals surface area (Å²) in [4.78, 5) is 45.5. The summed E-state index contributed by atoms with van der Waals surface area (Å²) in [6.45, 7) is 4.51. The number of benzene rings is 3. The van der Waals surface area contributed by atoms with Crippen molar-refractivity contribution in [2.75, 3.05) is 26.2 Å². The van der Waals surface area contributed by atoms with Gasteiger partial charge >= 0.3 is 0 Å². The average Bonchev–Trinajstić information content (AvgIpc) is 3.76. The van der Waals surface area contributed by atoms with Gasteiger partial charge in [0.2, 0.25) is 17.7 Å². The van der Waals surface area contributed by atoms with Crippen LogP contribution in [0.4, 0.5) is 0 Å². The lowest BCUT2D eigenvalue weighted by atomic mass is 9.67. The Hall–Kier alpha value is -4.01. The average molecular weight is 623 g/mol. The Bertz CT molecular complexity index is 1380. The number of hydrogen-bond acceptors (Lipinski definition) is 5. The van der Waals surface area contributed by atoms with Gasteiger partial charge in [-0.3, -0.25) is 14.4 Å². The summed E-state index contributed by atoms with van der Waals surface area (Å²) in [6, 6.07) is 28.7. The molecule has 3 fully saturated rings. The summed E-state index contributed by atoms with van der Waals surface area (Å²) >= 11 is 0. The van der Waals surface area contributed by atoms with E-state index in [1.807, 2.05) is 91.0 Å². The molecular weight excluding hydrogens is 576 g/mol. The van der Waals surface area contributed by atoms with Gasteiger partial charge in [-0.2, -0.15) is 0 Å². The Morgan fingerprint density at radius 3 is 1.91 bits per heavy atom. The zero-order chi connectivity index (χ0) is 32.1. The number of likely N-dealkylation sites (tertiary alicyclic amines) is 2. The summed E-state index contributed by atoms with van der Waals surface area (Å²) in [5.74, 6) is -0.162. The van der Waals surface area contributed by atoms with Crippen molar-refractivity contribution < 1.29 is 19.5 Å². The largest absolute Gasteiger partial charge is 0.391 e. The molecule has 0 radical (unpaired) electrons. The SMILES string of the molecule is CC(NC(=O)[C@H]1CCCN1C(=O)[C@@H]1C[C@@H](O)CN1C(=O)CC(c1ccccc1)(c1ccccc1)c1ccccc1)C1CCNCC1. The van der Waals surface area contributed by atoms with Crippen LogP contribution >= 0.6 is 0 Å². The molecule has 3 aromatic carbocycles. The molecule has 0 aromatic heterocycles. The van der Waals surface area contributed by atoms with E-state index in [2.05, 4.69) is 17.6 Å². The highest BCUT2D eigenvalue weighted by atomic mass is 16.3. The van der Waals surface area contributed by atoms with Crippen LogP contribution in [0.3, 0.4) is 0 Å². The zero-order valence-corrected chi connectivity index (χ0v) is 26.7. The van der Waals surface area contributed by atoms with Gasteiger partial charge in [-0.1, -0.05) is 91.0 Å². The van der Waals surface area contributed by atoms with Crippen LogP contribution in [0.5, 0.6) is 0 Å². The molecular formula is C38H46N4O4. The highest BCUT2D eigenvalue weighted by Crippen LogP contribution is 2.43. The summed E-state index contributed by atoms with van der Waals surface area (Å²) in [6.07, 6.45) is 2.79. The number of nitrogens with one attached hydrogen (secondary N) is 2. The Balaban J connectivity index is 1.26. The molecule has 0 aliphatic carbocycles. The minimum atomic E-state index is -0.822. The second kappa shape index (κ2) is 14.2. The summed E-state index contributed by atoms with van der Waals surface area (Å²) < 4.78 is 0. The molecule has 1 unspecified atom stereocenters. The first-order valence-electron chi connectivity index (χ1n) is 16.8. The number of nitrogens with zero attached hydrogens (tertiary/aromatic N) is 2. The molecule has 242 valence electrons. The van der Waals surface area contributed by atoms with Gasteiger partial charge in [-0.15, -0.1) is 0 Å². The number of piperidine rings is 1. The fourth-order valence-corrected chi connectivity index (χ4v) is 7.90. The zero-order valence-electron chi connectivity index (χ0n) is 26.7. The number of carbonyl (C=O) groups is 3. The fraction of sp³-hybridized carbons (Fsp3) is 0.447. The predicted octanol–water partition coefficient (Wildman–Crippen LogP) is 3.87. The van der Waals surface area contributed by atoms with E-state index in [4.69, 9.17) is 0 Å². The van der Waals surface area contributed by atoms with Crippen LogP contribution < -0.4 is 10.6 Å². The molecule has 3 amide bonds. The quantitative estimate of drug-likeness (QED) is 0.315. The van der Waals surface area contributed by atoms with Crippen molar-refractivity contribution in [3.05, 3.63) is 108 Å². The molecule has 3 aromatic rings. The Labute approximate surface area is 272 Å². The Morgan fingerprint density at radius 1 is 0.826 bits per heavy atom. The van der Waals surface area contributed by atoms with Gasteiger partial charge in [0.1, 0.15) is 12.1 Å². The topological polar surface area (TPSA) is 102 Å². The number of rotatable bonds is 9. The molecule has 8 nitrogen and oxygen atoms in total. The van der Waals surface area contributed by atoms with Crippen molar-refractivity contribution in [2.24, 2.45) is 5.92 Å². The molecule has 3 aliphatic heterocycles. The lowest BCUT2D eigenvalue weighted by Gasteiger charge is -2.38. The van der Waals surface area contributed by atoms with E-state index in [1.165, 1.54) is 0 Å². The van der Waals surface area contributed by atoms with Crippen molar-refractivity contribution in [3.8, 4) is 0 Å². The number of aliphatic hydroxyl groups excluding tert-OH is 1. The van der Waals surface area contributed by atoms with Crippen LogP contribution in [-0.4, -0.2) is 83.0 Å². The molecule has 4 atom stereocenters. The van der Waals surface area contributed by atoms with Crippen molar-refractivity contribution in [1.29, 1.82) is 0 Å². The monoisotopic (exact) mass is 622 g/mol. The van der Waals surface area contributed by atoms with E-state index < -0.39 is 23.6 Å². The Morgan fingerprint density at radius 2 is 1.37 bits per heavy atom. The highest BCUT2D eigenvalue weighted by Gasteiger charge is 2.47. The van der Waals surface area contributed by atoms with Crippen LogP contribution in [0.1, 0.15) is 62.1 Å². The smallest absolute Gasteiger partial charge is 0.246 e. The molecule has 6 rings (SSSR count). The van der Waals surface area contributed by atoms with Crippen LogP contribution in [0.25, 0.3) is 0 Å². The van der Waals surface area contributed by atoms with E-state index >= 15 is 0 Å². The van der Waals surface area contributed by atoms with Crippen molar-refractivity contribution in [1.82, 2.24) is 20.4 Å². The number of hydrogen-bond donors (Lipinski definition) is 3. The second-order valence-electron chi connectivity index (χ2n) is 13.2. The summed E-state index contributed by atoms with van der Waals surface area (Å²) in [5, 5.41) is 17.4. The van der Waals surface area contributed by atoms with Gasteiger partial charge in [0, 0.05) is 32.0 Å². The molecule has 3 saturated heterocycles. The third-order valence-corrected chi connectivity index (χ3v) is 10.4. The van der Waals surface area contributed by atoms with Crippen molar-refractivity contribution in [3.63, 3.8) is 0 Å². The lowest BCUT2D eigenvalue weighted by molar-refractivity contribution is -0.147. The number of carbonyl (C=O) groups excluding carboxylic acids is 3. The van der Waals surface area contributed by atoms with Crippen molar-refractivity contribution >= 4 is 17.7 Å². The number of β-amino-alcohol motifs (C(OH)–C–C–N with tert-alkyl or cyclic N) is 1. The van der Waals surface area contributed by atoms with Crippen LogP contribution in [0.15, 0.2) is 91.0 Å². The van der Waals surface area contributed by atoms with Crippen LogP contribution in [0, 0.1) is 5.92 Å². The molecule has 3 aliphatic rings. The maximum Gasteiger partial charge on any atom is 0.246 e. The second-order valence-corrected chi connectivity index (χ2v) is 13.2. The van der Waals surface area contributed by atoms with Gasteiger partial charge in [0.05, 0.1) is 11.5 Å². The van der Waals surface area contributed by atoms with E-state index in [0.29, 0.717) is 18.9 Å². The van der Waals surface area contributed by atoms with Gasteiger partial charge in [-0.25, -0.2) is 0 Å². The third kappa shape index (κ3) is 6.46. The first-order chi connectivity index (χ1) is 22.4. The minimum Gasteiger partial charge on any atom is -0.391 e. The molecule has 46 heavy (non-hydrogen) atoms. The van der Waals surface area contributed by atoms with Gasteiger partial charge < -0.3 is 25.5 Å². The van der Waals surface area contributed by atoms with E-state index in [-0.39, 0.29) is 43.1 Å². The number of amides is 3. The standard InChI is InChI=1S/C38H46N4O4/c1-27(28-19-21-39-22-20-28)40-36(45)33-18-11-23-41(33)37(46)34-24-32(43)26-42(34)35(44)25-38(29-12-5-2-6-13-29,30-14-7-3-8-15-30)31-16-9-4-10-17-31/h2-10,12-17,27-28,32-34,39,43H,11,18-26H2,1H3,(H,40,45)/t27?,32-,33-,34+/m1/s1. The molecule has 3 N–H and O–H groups in total. The van der Waals surface area contributed by atoms with E-state index in [0.717, 1.165) is 49.0 Å². The maximum absolute atomic E-state index is 14.6. The van der Waals surface area contributed by atoms with Gasteiger partial charge in [0.15, 0.2) is 0 Å². The van der Waals surface area contributed by atoms with Gasteiger partial charge in [-0.05, 0) is 68.3 Å². The third-order valence-electron chi connectivity index (χ3n) is 10.4. The predicted molar refractivity (Wildman–Crippen MR) is 178 cm³/mol. The summed E-state index contributed by atoms with van der Waals surface area (Å²) in [7, 11) is 0. The lowest BCUT2D eigenvalue weighted by Crippen LogP contribution is -2.55. The van der Waals surface area contributed by atoms with Crippen molar-refractivity contribution in [2.45, 2.75) is 75.1 Å². The van der Waals surface area contributed by atoms with Crippen LogP contribution in [-0.2, 0) is 19.8 Å². The number of aliphatic hydroxyl groups is 1.